The van der Waals surface area contributed by atoms with E-state index in [1.807, 2.05) is 18.2 Å². The summed E-state index contributed by atoms with van der Waals surface area (Å²) in [5.41, 5.74) is 1.27. The van der Waals surface area contributed by atoms with Crippen LogP contribution in [0.2, 0.25) is 0 Å². The van der Waals surface area contributed by atoms with Crippen LogP contribution in [0.4, 0.5) is 10.1 Å². The number of halogens is 1. The van der Waals surface area contributed by atoms with Gasteiger partial charge in [-0.05, 0) is 56.6 Å². The Kier molecular flexibility index (Phi) is 7.41. The summed E-state index contributed by atoms with van der Waals surface area (Å²) >= 11 is 0. The molecule has 6 heteroatoms. The van der Waals surface area contributed by atoms with E-state index in [1.165, 1.54) is 38.4 Å². The van der Waals surface area contributed by atoms with Gasteiger partial charge in [0.25, 0.3) is 5.91 Å². The topological polar surface area (TPSA) is 36.0 Å². The molecule has 0 N–H and O–H groups in total. The van der Waals surface area contributed by atoms with E-state index in [9.17, 15) is 9.18 Å². The summed E-state index contributed by atoms with van der Waals surface area (Å²) in [7, 11) is 0. The maximum absolute atomic E-state index is 14.7. The van der Waals surface area contributed by atoms with Gasteiger partial charge in [-0.3, -0.25) is 4.79 Å². The van der Waals surface area contributed by atoms with Crippen LogP contribution in [0, 0.1) is 5.82 Å². The summed E-state index contributed by atoms with van der Waals surface area (Å²) in [6, 6.07) is 14.8. The molecular weight excluding hydrogens is 393 g/mol. The smallest absolute Gasteiger partial charge is 0.256 e. The van der Waals surface area contributed by atoms with Crippen molar-refractivity contribution in [3.63, 3.8) is 0 Å². The van der Waals surface area contributed by atoms with Crippen molar-refractivity contribution in [2.45, 2.75) is 25.7 Å². The molecule has 0 aliphatic carbocycles. The van der Waals surface area contributed by atoms with Crippen LogP contribution in [0.5, 0.6) is 5.75 Å². The van der Waals surface area contributed by atoms with E-state index in [0.29, 0.717) is 25.4 Å². The number of nitrogens with zero attached hydrogens (tertiary/aromatic N) is 3. The van der Waals surface area contributed by atoms with E-state index >= 15 is 0 Å². The summed E-state index contributed by atoms with van der Waals surface area (Å²) in [6.45, 7) is 6.59. The van der Waals surface area contributed by atoms with Gasteiger partial charge in [-0.2, -0.15) is 0 Å². The van der Waals surface area contributed by atoms with Gasteiger partial charge >= 0.3 is 0 Å². The van der Waals surface area contributed by atoms with Crippen LogP contribution in [0.1, 0.15) is 36.0 Å². The molecule has 31 heavy (non-hydrogen) atoms. The SMILES string of the molecule is O=C(c1ccc(OCCCN2CCCCC2)cc1F)N1CCN(c2ccccc2)CC1. The molecule has 2 saturated heterocycles. The van der Waals surface area contributed by atoms with Crippen molar-refractivity contribution in [3.05, 3.63) is 59.9 Å². The highest BCUT2D eigenvalue weighted by Gasteiger charge is 2.24. The monoisotopic (exact) mass is 425 g/mol. The van der Waals surface area contributed by atoms with Gasteiger partial charge in [0.1, 0.15) is 11.6 Å². The Hall–Kier alpha value is -2.60. The van der Waals surface area contributed by atoms with E-state index in [0.717, 1.165) is 31.7 Å². The molecule has 4 rings (SSSR count). The first-order valence-electron chi connectivity index (χ1n) is 11.4. The van der Waals surface area contributed by atoms with Crippen LogP contribution in [0.25, 0.3) is 0 Å². The summed E-state index contributed by atoms with van der Waals surface area (Å²) < 4.78 is 20.4. The minimum absolute atomic E-state index is 0.119. The second-order valence-electron chi connectivity index (χ2n) is 8.36. The Bertz CT molecular complexity index is 847. The molecule has 2 aromatic rings. The quantitative estimate of drug-likeness (QED) is 0.628. The van der Waals surface area contributed by atoms with Crippen LogP contribution < -0.4 is 9.64 Å². The number of anilines is 1. The van der Waals surface area contributed by atoms with Crippen molar-refractivity contribution in [1.82, 2.24) is 9.80 Å². The van der Waals surface area contributed by atoms with Crippen LogP contribution >= 0.6 is 0 Å². The molecule has 0 atom stereocenters. The molecule has 2 aromatic carbocycles. The molecule has 2 aliphatic rings. The fourth-order valence-electron chi connectivity index (χ4n) is 4.40. The van der Waals surface area contributed by atoms with Crippen molar-refractivity contribution in [2.75, 3.05) is 57.3 Å². The van der Waals surface area contributed by atoms with E-state index in [2.05, 4.69) is 21.9 Å². The largest absolute Gasteiger partial charge is 0.493 e. The van der Waals surface area contributed by atoms with Crippen molar-refractivity contribution < 1.29 is 13.9 Å². The number of carbonyl (C=O) groups is 1. The molecule has 166 valence electrons. The fourth-order valence-corrected chi connectivity index (χ4v) is 4.40. The first-order valence-corrected chi connectivity index (χ1v) is 11.4. The van der Waals surface area contributed by atoms with Gasteiger partial charge in [0.05, 0.1) is 12.2 Å². The summed E-state index contributed by atoms with van der Waals surface area (Å²) in [5, 5.41) is 0. The van der Waals surface area contributed by atoms with Gasteiger partial charge in [-0.25, -0.2) is 4.39 Å². The lowest BCUT2D eigenvalue weighted by molar-refractivity contribution is 0.0742. The van der Waals surface area contributed by atoms with Crippen LogP contribution in [0.3, 0.4) is 0 Å². The molecule has 2 aliphatic heterocycles. The number of likely N-dealkylation sites (tertiary alicyclic amines) is 1. The Morgan fingerprint density at radius 1 is 0.903 bits per heavy atom. The van der Waals surface area contributed by atoms with Crippen molar-refractivity contribution >= 4 is 11.6 Å². The minimum atomic E-state index is -0.510. The molecule has 2 heterocycles. The average Bonchev–Trinajstić information content (AvgIpc) is 2.83. The molecule has 5 nitrogen and oxygen atoms in total. The van der Waals surface area contributed by atoms with E-state index in [4.69, 9.17) is 4.74 Å². The minimum Gasteiger partial charge on any atom is -0.493 e. The predicted octanol–water partition coefficient (Wildman–Crippen LogP) is 4.04. The van der Waals surface area contributed by atoms with Crippen LogP contribution in [-0.2, 0) is 0 Å². The zero-order chi connectivity index (χ0) is 21.5. The first kappa shape index (κ1) is 21.6. The fraction of sp³-hybridized carbons (Fsp3) is 0.480. The summed E-state index contributed by atoms with van der Waals surface area (Å²) in [6.07, 6.45) is 4.82. The number of piperazine rings is 1. The van der Waals surface area contributed by atoms with E-state index in [-0.39, 0.29) is 11.5 Å². The van der Waals surface area contributed by atoms with Crippen LogP contribution in [0.15, 0.2) is 48.5 Å². The Balaban J connectivity index is 1.25. The second-order valence-corrected chi connectivity index (χ2v) is 8.36. The number of ether oxygens (including phenoxy) is 1. The van der Waals surface area contributed by atoms with Crippen molar-refractivity contribution in [2.24, 2.45) is 0 Å². The highest BCUT2D eigenvalue weighted by Crippen LogP contribution is 2.21. The van der Waals surface area contributed by atoms with Gasteiger partial charge in [0.2, 0.25) is 0 Å². The van der Waals surface area contributed by atoms with Crippen LogP contribution in [-0.4, -0.2) is 68.1 Å². The zero-order valence-corrected chi connectivity index (χ0v) is 18.1. The Morgan fingerprint density at radius 3 is 2.35 bits per heavy atom. The van der Waals surface area contributed by atoms with Gasteiger partial charge in [0, 0.05) is 44.5 Å². The molecular formula is C25H32FN3O2. The third kappa shape index (κ3) is 5.76. The number of benzene rings is 2. The number of amides is 1. The maximum atomic E-state index is 14.7. The molecule has 0 aromatic heterocycles. The number of para-hydroxylation sites is 1. The molecule has 0 spiro atoms. The number of hydrogen-bond acceptors (Lipinski definition) is 4. The van der Waals surface area contributed by atoms with E-state index < -0.39 is 5.82 Å². The maximum Gasteiger partial charge on any atom is 0.256 e. The molecule has 0 saturated carbocycles. The lowest BCUT2D eigenvalue weighted by Gasteiger charge is -2.36. The first-order chi connectivity index (χ1) is 15.2. The number of piperidine rings is 1. The molecule has 0 radical (unpaired) electrons. The van der Waals surface area contributed by atoms with E-state index in [1.54, 1.807) is 17.0 Å². The van der Waals surface area contributed by atoms with Crippen molar-refractivity contribution in [3.8, 4) is 5.75 Å². The molecule has 0 unspecified atom stereocenters. The number of hydrogen-bond donors (Lipinski definition) is 0. The van der Waals surface area contributed by atoms with Gasteiger partial charge in [-0.1, -0.05) is 24.6 Å². The Labute approximate surface area is 184 Å². The predicted molar refractivity (Wildman–Crippen MR) is 121 cm³/mol. The average molecular weight is 426 g/mol. The lowest BCUT2D eigenvalue weighted by Crippen LogP contribution is -2.49. The molecule has 1 amide bonds. The highest BCUT2D eigenvalue weighted by molar-refractivity contribution is 5.94. The Morgan fingerprint density at radius 2 is 1.65 bits per heavy atom. The lowest BCUT2D eigenvalue weighted by atomic mass is 10.1. The summed E-state index contributed by atoms with van der Waals surface area (Å²) in [5.74, 6) is -0.271. The third-order valence-corrected chi connectivity index (χ3v) is 6.20. The molecule has 0 bridgehead atoms. The number of carbonyl (C=O) groups excluding carboxylic acids is 1. The summed E-state index contributed by atoms with van der Waals surface area (Å²) in [4.78, 5) is 19.3. The van der Waals surface area contributed by atoms with Gasteiger partial charge < -0.3 is 19.4 Å². The van der Waals surface area contributed by atoms with Gasteiger partial charge in [0.15, 0.2) is 0 Å². The third-order valence-electron chi connectivity index (χ3n) is 6.20. The second kappa shape index (κ2) is 10.6. The van der Waals surface area contributed by atoms with Gasteiger partial charge in [-0.15, -0.1) is 0 Å². The normalized spacial score (nSPS) is 17.6. The molecule has 2 fully saturated rings. The van der Waals surface area contributed by atoms with Crippen molar-refractivity contribution in [1.29, 1.82) is 0 Å². The highest BCUT2D eigenvalue weighted by atomic mass is 19.1. The zero-order valence-electron chi connectivity index (χ0n) is 18.1. The standard InChI is InChI=1S/C25H32FN3O2/c26-24-20-22(31-19-7-14-27-12-5-2-6-13-27)10-11-23(24)25(30)29-17-15-28(16-18-29)21-8-3-1-4-9-21/h1,3-4,8-11,20H,2,5-7,12-19H2. The number of rotatable bonds is 7.